The van der Waals surface area contributed by atoms with E-state index in [1.165, 1.54) is 6.07 Å². The Morgan fingerprint density at radius 1 is 1.21 bits per heavy atom. The largest absolute Gasteiger partial charge is 0.497 e. The molecule has 0 aliphatic carbocycles. The number of aromatic amines is 1. The summed E-state index contributed by atoms with van der Waals surface area (Å²) in [6.45, 7) is 0. The third kappa shape index (κ3) is 2.21. The van der Waals surface area contributed by atoms with Gasteiger partial charge in [-0.05, 0) is 46.3 Å². The predicted molar refractivity (Wildman–Crippen MR) is 75.7 cm³/mol. The number of benzene rings is 2. The minimum Gasteiger partial charge on any atom is -0.497 e. The van der Waals surface area contributed by atoms with Crippen molar-refractivity contribution in [1.29, 1.82) is 0 Å². The van der Waals surface area contributed by atoms with E-state index in [1.807, 2.05) is 24.3 Å². The fraction of sp³-hybridized carbons (Fsp3) is 0.0714. The quantitative estimate of drug-likeness (QED) is 0.770. The Kier molecular flexibility index (Phi) is 2.98. The molecule has 0 saturated carbocycles. The van der Waals surface area contributed by atoms with Gasteiger partial charge in [0.1, 0.15) is 17.4 Å². The van der Waals surface area contributed by atoms with Crippen molar-refractivity contribution in [1.82, 2.24) is 9.97 Å². The zero-order valence-corrected chi connectivity index (χ0v) is 11.7. The summed E-state index contributed by atoms with van der Waals surface area (Å²) in [7, 11) is 1.62. The van der Waals surface area contributed by atoms with Gasteiger partial charge in [-0.15, -0.1) is 0 Å². The fourth-order valence-electron chi connectivity index (χ4n) is 1.89. The zero-order valence-electron chi connectivity index (χ0n) is 10.1. The molecule has 1 aromatic heterocycles. The van der Waals surface area contributed by atoms with Crippen molar-refractivity contribution in [3.63, 3.8) is 0 Å². The number of aromatic nitrogens is 2. The van der Waals surface area contributed by atoms with Crippen LogP contribution < -0.4 is 4.74 Å². The van der Waals surface area contributed by atoms with Crippen molar-refractivity contribution in [2.75, 3.05) is 7.11 Å². The van der Waals surface area contributed by atoms with E-state index in [-0.39, 0.29) is 5.82 Å². The number of methoxy groups -OCH3 is 1. The SMILES string of the molecule is COc1ccc(-c2nc3cc(Br)c(F)cc3[nH]2)cc1. The molecule has 0 atom stereocenters. The average molecular weight is 321 g/mol. The van der Waals surface area contributed by atoms with Crippen molar-refractivity contribution in [2.24, 2.45) is 0 Å². The molecule has 1 N–H and O–H groups in total. The fourth-order valence-corrected chi connectivity index (χ4v) is 2.22. The second-order valence-electron chi connectivity index (χ2n) is 4.10. The molecule has 1 heterocycles. The molecule has 0 aliphatic heterocycles. The standard InChI is InChI=1S/C14H10BrFN2O/c1-19-9-4-2-8(3-5-9)14-17-12-6-10(15)11(16)7-13(12)18-14/h2-7H,1H3,(H,17,18). The third-order valence-corrected chi connectivity index (χ3v) is 3.50. The Morgan fingerprint density at radius 2 is 1.95 bits per heavy atom. The van der Waals surface area contributed by atoms with Crippen LogP contribution in [-0.4, -0.2) is 17.1 Å². The van der Waals surface area contributed by atoms with E-state index in [0.717, 1.165) is 16.8 Å². The second kappa shape index (κ2) is 4.66. The van der Waals surface area contributed by atoms with E-state index < -0.39 is 0 Å². The summed E-state index contributed by atoms with van der Waals surface area (Å²) in [4.78, 5) is 7.55. The van der Waals surface area contributed by atoms with Gasteiger partial charge in [0.2, 0.25) is 0 Å². The molecule has 0 bridgehead atoms. The highest BCUT2D eigenvalue weighted by atomic mass is 79.9. The molecule has 0 saturated heterocycles. The van der Waals surface area contributed by atoms with Gasteiger partial charge in [-0.2, -0.15) is 0 Å². The predicted octanol–water partition coefficient (Wildman–Crippen LogP) is 4.14. The van der Waals surface area contributed by atoms with Crippen LogP contribution in [0, 0.1) is 5.82 Å². The summed E-state index contributed by atoms with van der Waals surface area (Å²) < 4.78 is 19.0. The molecule has 3 aromatic rings. The molecule has 96 valence electrons. The maximum Gasteiger partial charge on any atom is 0.139 e. The van der Waals surface area contributed by atoms with Crippen LogP contribution in [0.1, 0.15) is 0 Å². The summed E-state index contributed by atoms with van der Waals surface area (Å²) in [6, 6.07) is 10.6. The van der Waals surface area contributed by atoms with Crippen molar-refractivity contribution >= 4 is 27.0 Å². The Hall–Kier alpha value is -1.88. The smallest absolute Gasteiger partial charge is 0.139 e. The summed E-state index contributed by atoms with van der Waals surface area (Å²) in [5.74, 6) is 1.18. The summed E-state index contributed by atoms with van der Waals surface area (Å²) in [6.07, 6.45) is 0. The van der Waals surface area contributed by atoms with Gasteiger partial charge in [0.25, 0.3) is 0 Å². The van der Waals surface area contributed by atoms with E-state index in [0.29, 0.717) is 15.8 Å². The Morgan fingerprint density at radius 3 is 2.63 bits per heavy atom. The number of hydrogen-bond acceptors (Lipinski definition) is 2. The topological polar surface area (TPSA) is 37.9 Å². The number of nitrogens with zero attached hydrogens (tertiary/aromatic N) is 1. The number of fused-ring (bicyclic) bond motifs is 1. The van der Waals surface area contributed by atoms with Crippen LogP contribution in [0.4, 0.5) is 4.39 Å². The molecular weight excluding hydrogens is 311 g/mol. The van der Waals surface area contributed by atoms with Crippen LogP contribution >= 0.6 is 15.9 Å². The molecule has 5 heteroatoms. The summed E-state index contributed by atoms with van der Waals surface area (Å²) in [5.41, 5.74) is 2.32. The van der Waals surface area contributed by atoms with Crippen LogP contribution in [-0.2, 0) is 0 Å². The average Bonchev–Trinajstić information content (AvgIpc) is 2.82. The minimum atomic E-state index is -0.308. The Bertz CT molecular complexity index is 698. The highest BCUT2D eigenvalue weighted by Crippen LogP contribution is 2.26. The van der Waals surface area contributed by atoms with Crippen LogP contribution in [0.3, 0.4) is 0 Å². The maximum absolute atomic E-state index is 13.4. The number of halogens is 2. The molecule has 0 fully saturated rings. The first-order valence-corrected chi connectivity index (χ1v) is 6.46. The van der Waals surface area contributed by atoms with E-state index >= 15 is 0 Å². The first kappa shape index (κ1) is 12.2. The van der Waals surface area contributed by atoms with Crippen LogP contribution in [0.15, 0.2) is 40.9 Å². The lowest BCUT2D eigenvalue weighted by atomic mass is 10.2. The molecule has 3 nitrogen and oxygen atoms in total. The van der Waals surface area contributed by atoms with Crippen LogP contribution in [0.5, 0.6) is 5.75 Å². The van der Waals surface area contributed by atoms with E-state index in [4.69, 9.17) is 4.74 Å². The number of imidazole rings is 1. The van der Waals surface area contributed by atoms with Gasteiger partial charge in [0.15, 0.2) is 0 Å². The number of rotatable bonds is 2. The first-order valence-electron chi connectivity index (χ1n) is 5.66. The summed E-state index contributed by atoms with van der Waals surface area (Å²) in [5, 5.41) is 0. The number of H-pyrrole nitrogens is 1. The highest BCUT2D eigenvalue weighted by molar-refractivity contribution is 9.10. The van der Waals surface area contributed by atoms with Gasteiger partial charge in [-0.1, -0.05) is 0 Å². The van der Waals surface area contributed by atoms with Crippen LogP contribution in [0.25, 0.3) is 22.4 Å². The molecule has 19 heavy (non-hydrogen) atoms. The van der Waals surface area contributed by atoms with E-state index in [1.54, 1.807) is 13.2 Å². The lowest BCUT2D eigenvalue weighted by Gasteiger charge is -2.00. The van der Waals surface area contributed by atoms with Gasteiger partial charge in [-0.25, -0.2) is 9.37 Å². The highest BCUT2D eigenvalue weighted by Gasteiger charge is 2.08. The van der Waals surface area contributed by atoms with Gasteiger partial charge < -0.3 is 9.72 Å². The normalized spacial score (nSPS) is 10.9. The van der Waals surface area contributed by atoms with E-state index in [2.05, 4.69) is 25.9 Å². The summed E-state index contributed by atoms with van der Waals surface area (Å²) >= 11 is 3.16. The number of nitrogens with one attached hydrogen (secondary N) is 1. The number of hydrogen-bond donors (Lipinski definition) is 1. The van der Waals surface area contributed by atoms with Gasteiger partial charge >= 0.3 is 0 Å². The lowest BCUT2D eigenvalue weighted by Crippen LogP contribution is -1.83. The van der Waals surface area contributed by atoms with Crippen molar-refractivity contribution in [3.05, 3.63) is 46.7 Å². The van der Waals surface area contributed by atoms with Gasteiger partial charge in [0.05, 0.1) is 22.6 Å². The molecule has 0 aliphatic rings. The lowest BCUT2D eigenvalue weighted by molar-refractivity contribution is 0.415. The molecule has 0 spiro atoms. The third-order valence-electron chi connectivity index (χ3n) is 2.89. The molecule has 0 radical (unpaired) electrons. The van der Waals surface area contributed by atoms with Gasteiger partial charge in [-0.3, -0.25) is 0 Å². The Balaban J connectivity index is 2.09. The number of ether oxygens (including phenoxy) is 1. The second-order valence-corrected chi connectivity index (χ2v) is 4.95. The molecular formula is C14H10BrFN2O. The molecule has 2 aromatic carbocycles. The molecule has 3 rings (SSSR count). The van der Waals surface area contributed by atoms with Crippen molar-refractivity contribution < 1.29 is 9.13 Å². The minimum absolute atomic E-state index is 0.308. The Labute approximate surface area is 117 Å². The van der Waals surface area contributed by atoms with Crippen LogP contribution in [0.2, 0.25) is 0 Å². The molecule has 0 unspecified atom stereocenters. The van der Waals surface area contributed by atoms with Gasteiger partial charge in [0, 0.05) is 11.6 Å². The maximum atomic E-state index is 13.4. The van der Waals surface area contributed by atoms with Crippen molar-refractivity contribution in [3.8, 4) is 17.1 Å². The monoisotopic (exact) mass is 320 g/mol. The zero-order chi connectivity index (χ0) is 13.4. The van der Waals surface area contributed by atoms with E-state index in [9.17, 15) is 4.39 Å². The molecule has 0 amide bonds. The van der Waals surface area contributed by atoms with Crippen molar-refractivity contribution in [2.45, 2.75) is 0 Å². The first-order chi connectivity index (χ1) is 9.17.